The van der Waals surface area contributed by atoms with Gasteiger partial charge < -0.3 is 19.5 Å². The summed E-state index contributed by atoms with van der Waals surface area (Å²) in [5, 5.41) is 13.8. The third-order valence-corrected chi connectivity index (χ3v) is 3.76. The fraction of sp³-hybridized carbons (Fsp3) is 0.263. The Morgan fingerprint density at radius 1 is 1.21 bits per heavy atom. The van der Waals surface area contributed by atoms with E-state index in [1.54, 1.807) is 6.92 Å². The van der Waals surface area contributed by atoms with Gasteiger partial charge in [-0.1, -0.05) is 0 Å². The van der Waals surface area contributed by atoms with Crippen LogP contribution in [-0.4, -0.2) is 36.6 Å². The number of halogens is 1. The quantitative estimate of drug-likeness (QED) is 0.406. The van der Waals surface area contributed by atoms with Crippen LogP contribution in [0.25, 0.3) is 0 Å². The van der Waals surface area contributed by atoms with E-state index in [0.29, 0.717) is 5.69 Å². The standard InChI is InChI=1S/C19H19FN2O7/c1-4-28-17-9-14(15(22(25)26)10-16(17)27-3)19(24)29-11(2)18(23)21-13-7-5-12(20)6-8-13/h5-11H,4H2,1-3H3,(H,21,23)/t11-/m0/s1. The van der Waals surface area contributed by atoms with Crippen LogP contribution in [-0.2, 0) is 9.53 Å². The SMILES string of the molecule is CCOc1cc(C(=O)O[C@@H](C)C(=O)Nc2ccc(F)cc2)c([N+](=O)[O-])cc1OC. The molecule has 0 spiro atoms. The summed E-state index contributed by atoms with van der Waals surface area (Å²) in [5.41, 5.74) is -0.643. The minimum absolute atomic E-state index is 0.0807. The minimum Gasteiger partial charge on any atom is -0.493 e. The van der Waals surface area contributed by atoms with Crippen LogP contribution in [0.4, 0.5) is 15.8 Å². The molecule has 0 unspecified atom stereocenters. The Morgan fingerprint density at radius 3 is 2.41 bits per heavy atom. The number of carbonyl (C=O) groups excluding carboxylic acids is 2. The molecule has 2 aromatic rings. The molecular weight excluding hydrogens is 387 g/mol. The van der Waals surface area contributed by atoms with Gasteiger partial charge in [-0.2, -0.15) is 0 Å². The zero-order valence-electron chi connectivity index (χ0n) is 15.9. The molecular formula is C19H19FN2O7. The summed E-state index contributed by atoms with van der Waals surface area (Å²) in [6.07, 6.45) is -1.27. The van der Waals surface area contributed by atoms with Crippen molar-refractivity contribution in [1.29, 1.82) is 0 Å². The Bertz CT molecular complexity index is 916. The highest BCUT2D eigenvalue weighted by atomic mass is 19.1. The second-order valence-corrected chi connectivity index (χ2v) is 5.75. The van der Waals surface area contributed by atoms with Gasteiger partial charge in [0, 0.05) is 11.8 Å². The van der Waals surface area contributed by atoms with Crippen LogP contribution in [0.15, 0.2) is 36.4 Å². The van der Waals surface area contributed by atoms with Crippen LogP contribution in [0.2, 0.25) is 0 Å². The number of ether oxygens (including phenoxy) is 3. The summed E-state index contributed by atoms with van der Waals surface area (Å²) in [5.74, 6) is -2.04. The molecule has 1 amide bonds. The van der Waals surface area contributed by atoms with Gasteiger partial charge in [-0.05, 0) is 38.1 Å². The number of amides is 1. The summed E-state index contributed by atoms with van der Waals surface area (Å²) in [7, 11) is 1.31. The number of rotatable bonds is 8. The fourth-order valence-corrected chi connectivity index (χ4v) is 2.35. The van der Waals surface area contributed by atoms with Gasteiger partial charge in [0.25, 0.3) is 11.6 Å². The molecule has 0 aliphatic carbocycles. The predicted octanol–water partition coefficient (Wildman–Crippen LogP) is 3.33. The zero-order valence-corrected chi connectivity index (χ0v) is 15.9. The lowest BCUT2D eigenvalue weighted by Gasteiger charge is -2.15. The average Bonchev–Trinajstić information content (AvgIpc) is 2.69. The molecule has 1 atom stereocenters. The molecule has 2 rings (SSSR count). The van der Waals surface area contributed by atoms with Gasteiger partial charge in [-0.25, -0.2) is 9.18 Å². The van der Waals surface area contributed by atoms with Crippen LogP contribution < -0.4 is 14.8 Å². The van der Waals surface area contributed by atoms with Crippen molar-refractivity contribution < 1.29 is 33.1 Å². The molecule has 2 aromatic carbocycles. The third-order valence-electron chi connectivity index (χ3n) is 3.76. The number of esters is 1. The van der Waals surface area contributed by atoms with Crippen LogP contribution in [0.3, 0.4) is 0 Å². The number of anilines is 1. The first-order valence-corrected chi connectivity index (χ1v) is 8.53. The predicted molar refractivity (Wildman–Crippen MR) is 101 cm³/mol. The molecule has 10 heteroatoms. The van der Waals surface area contributed by atoms with E-state index in [-0.39, 0.29) is 23.7 Å². The Balaban J connectivity index is 2.21. The van der Waals surface area contributed by atoms with Gasteiger partial charge in [0.1, 0.15) is 11.4 Å². The molecule has 0 saturated carbocycles. The molecule has 0 aromatic heterocycles. The highest BCUT2D eigenvalue weighted by molar-refractivity contribution is 5.99. The van der Waals surface area contributed by atoms with Gasteiger partial charge in [0.15, 0.2) is 17.6 Å². The summed E-state index contributed by atoms with van der Waals surface area (Å²) in [6.45, 7) is 3.23. The first-order valence-electron chi connectivity index (χ1n) is 8.53. The van der Waals surface area contributed by atoms with Crippen molar-refractivity contribution in [3.05, 3.63) is 57.9 Å². The molecule has 29 heavy (non-hydrogen) atoms. The number of nitro groups is 1. The summed E-state index contributed by atoms with van der Waals surface area (Å²) >= 11 is 0. The number of nitrogens with zero attached hydrogens (tertiary/aromatic N) is 1. The van der Waals surface area contributed by atoms with Crippen molar-refractivity contribution in [3.63, 3.8) is 0 Å². The first-order chi connectivity index (χ1) is 13.8. The van der Waals surface area contributed by atoms with Crippen molar-refractivity contribution in [2.75, 3.05) is 19.0 Å². The van der Waals surface area contributed by atoms with Crippen LogP contribution in [0.1, 0.15) is 24.2 Å². The van der Waals surface area contributed by atoms with E-state index < -0.39 is 34.4 Å². The maximum atomic E-state index is 12.9. The second-order valence-electron chi connectivity index (χ2n) is 5.75. The highest BCUT2D eigenvalue weighted by Gasteiger charge is 2.28. The summed E-state index contributed by atoms with van der Waals surface area (Å²) < 4.78 is 28.4. The maximum absolute atomic E-state index is 12.9. The monoisotopic (exact) mass is 406 g/mol. The van der Waals surface area contributed by atoms with Crippen molar-refractivity contribution >= 4 is 23.3 Å². The van der Waals surface area contributed by atoms with Gasteiger partial charge >= 0.3 is 5.97 Å². The minimum atomic E-state index is -1.27. The normalized spacial score (nSPS) is 11.3. The molecule has 0 heterocycles. The molecule has 0 saturated heterocycles. The Morgan fingerprint density at radius 2 is 1.86 bits per heavy atom. The Kier molecular flexibility index (Phi) is 7.07. The number of carbonyl (C=O) groups is 2. The van der Waals surface area contributed by atoms with Gasteiger partial charge in [-0.15, -0.1) is 0 Å². The van der Waals surface area contributed by atoms with E-state index in [4.69, 9.17) is 14.2 Å². The lowest BCUT2D eigenvalue weighted by atomic mass is 10.1. The lowest BCUT2D eigenvalue weighted by molar-refractivity contribution is -0.385. The van der Waals surface area contributed by atoms with Gasteiger partial charge in [0.2, 0.25) is 0 Å². The molecule has 0 aliphatic rings. The van der Waals surface area contributed by atoms with Crippen molar-refractivity contribution in [2.24, 2.45) is 0 Å². The number of methoxy groups -OCH3 is 1. The second kappa shape index (κ2) is 9.49. The summed E-state index contributed by atoms with van der Waals surface area (Å²) in [6, 6.07) is 7.16. The number of hydrogen-bond acceptors (Lipinski definition) is 7. The van der Waals surface area contributed by atoms with Crippen molar-refractivity contribution in [3.8, 4) is 11.5 Å². The van der Waals surface area contributed by atoms with Crippen LogP contribution in [0.5, 0.6) is 11.5 Å². The smallest absolute Gasteiger partial charge is 0.346 e. The first kappa shape index (κ1) is 21.6. The Hall–Kier alpha value is -3.69. The van der Waals surface area contributed by atoms with Crippen molar-refractivity contribution in [2.45, 2.75) is 20.0 Å². The largest absolute Gasteiger partial charge is 0.493 e. The van der Waals surface area contributed by atoms with E-state index in [1.165, 1.54) is 26.2 Å². The number of hydrogen-bond donors (Lipinski definition) is 1. The lowest BCUT2D eigenvalue weighted by Crippen LogP contribution is -2.30. The van der Waals surface area contributed by atoms with Crippen LogP contribution >= 0.6 is 0 Å². The molecule has 0 bridgehead atoms. The molecule has 9 nitrogen and oxygen atoms in total. The molecule has 0 fully saturated rings. The van der Waals surface area contributed by atoms with Gasteiger partial charge in [-0.3, -0.25) is 14.9 Å². The van der Waals surface area contributed by atoms with E-state index >= 15 is 0 Å². The number of nitro benzene ring substituents is 1. The molecule has 0 aliphatic heterocycles. The number of benzene rings is 2. The molecule has 0 radical (unpaired) electrons. The van der Waals surface area contributed by atoms with E-state index in [9.17, 15) is 24.1 Å². The van der Waals surface area contributed by atoms with E-state index in [0.717, 1.165) is 24.3 Å². The van der Waals surface area contributed by atoms with E-state index in [1.807, 2.05) is 0 Å². The topological polar surface area (TPSA) is 117 Å². The summed E-state index contributed by atoms with van der Waals surface area (Å²) in [4.78, 5) is 35.3. The average molecular weight is 406 g/mol. The van der Waals surface area contributed by atoms with Crippen molar-refractivity contribution in [1.82, 2.24) is 0 Å². The van der Waals surface area contributed by atoms with E-state index in [2.05, 4.69) is 5.32 Å². The molecule has 1 N–H and O–H groups in total. The zero-order chi connectivity index (χ0) is 21.6. The Labute approximate surface area is 165 Å². The maximum Gasteiger partial charge on any atom is 0.346 e. The van der Waals surface area contributed by atoms with Gasteiger partial charge in [0.05, 0.1) is 24.7 Å². The highest BCUT2D eigenvalue weighted by Crippen LogP contribution is 2.35. The third kappa shape index (κ3) is 5.41. The fourth-order valence-electron chi connectivity index (χ4n) is 2.35. The number of nitrogens with one attached hydrogen (secondary N) is 1. The van der Waals surface area contributed by atoms with Crippen LogP contribution in [0, 0.1) is 15.9 Å². The molecule has 154 valence electrons.